The quantitative estimate of drug-likeness (QED) is 0.246. The first-order chi connectivity index (χ1) is 13.3. The van der Waals surface area contributed by atoms with E-state index in [-0.39, 0.29) is 36.3 Å². The Morgan fingerprint density at radius 2 is 1.83 bits per heavy atom. The summed E-state index contributed by atoms with van der Waals surface area (Å²) < 4.78 is 53.1. The van der Waals surface area contributed by atoms with Crippen LogP contribution in [-0.2, 0) is 19.3 Å². The molecule has 0 unspecified atom stereocenters. The molecule has 1 N–H and O–H groups in total. The van der Waals surface area contributed by atoms with Crippen LogP contribution in [0.25, 0.3) is 5.65 Å². The van der Waals surface area contributed by atoms with Crippen LogP contribution in [0.3, 0.4) is 0 Å². The minimum Gasteiger partial charge on any atom is -0.349 e. The Bertz CT molecular complexity index is 984. The highest BCUT2D eigenvalue weighted by Gasteiger charge is 2.31. The zero-order chi connectivity index (χ0) is 20.3. The van der Waals surface area contributed by atoms with Crippen molar-refractivity contribution in [3.63, 3.8) is 0 Å². The molecule has 0 radical (unpaired) electrons. The molecule has 6 nitrogen and oxygen atoms in total. The topological polar surface area (TPSA) is 57.8 Å². The molecule has 0 atom stereocenters. The monoisotopic (exact) mass is 522 g/mol. The van der Waals surface area contributed by atoms with Crippen molar-refractivity contribution in [1.29, 1.82) is 0 Å². The van der Waals surface area contributed by atoms with Gasteiger partial charge in [0.05, 0.1) is 12.1 Å². The number of pyridine rings is 1. The number of hydrogen-bond donors (Lipinski definition) is 1. The van der Waals surface area contributed by atoms with Crippen molar-refractivity contribution >= 4 is 35.6 Å². The smallest absolute Gasteiger partial charge is 0.349 e. The SMILES string of the molecule is CN=C(NCc1nnc2ccc(C(F)(F)F)cn12)N(C)Cc1ccc(F)cc1.I. The Balaban J connectivity index is 0.00000300. The molecule has 0 amide bonds. The molecule has 11 heteroatoms. The molecule has 0 fully saturated rings. The number of hydrogen-bond acceptors (Lipinski definition) is 3. The Labute approximate surface area is 181 Å². The standard InChI is InChI=1S/C18H18F4N6.HI/c1-23-17(27(2)10-12-3-6-14(19)7-4-12)24-9-16-26-25-15-8-5-13(11-28(15)16)18(20,21)22;/h3-8,11H,9-10H2,1-2H3,(H,23,24);1H. The van der Waals surface area contributed by atoms with Gasteiger partial charge >= 0.3 is 6.18 Å². The second-order valence-electron chi connectivity index (χ2n) is 6.14. The van der Waals surface area contributed by atoms with Crippen LogP contribution in [0.1, 0.15) is 17.0 Å². The molecular formula is C18H19F4IN6. The van der Waals surface area contributed by atoms with Gasteiger partial charge < -0.3 is 10.2 Å². The molecule has 2 heterocycles. The normalized spacial score (nSPS) is 12.0. The fraction of sp³-hybridized carbons (Fsp3) is 0.278. The Kier molecular flexibility index (Phi) is 7.38. The van der Waals surface area contributed by atoms with Gasteiger partial charge in [0.1, 0.15) is 5.82 Å². The third kappa shape index (κ3) is 5.55. The zero-order valence-electron chi connectivity index (χ0n) is 15.6. The van der Waals surface area contributed by atoms with Crippen LogP contribution >= 0.6 is 24.0 Å². The summed E-state index contributed by atoms with van der Waals surface area (Å²) >= 11 is 0. The van der Waals surface area contributed by atoms with Gasteiger partial charge in [-0.25, -0.2) is 4.39 Å². The number of halogens is 5. The van der Waals surface area contributed by atoms with Crippen LogP contribution in [0, 0.1) is 5.82 Å². The maximum absolute atomic E-state index is 13.0. The van der Waals surface area contributed by atoms with Crippen LogP contribution in [0.4, 0.5) is 17.6 Å². The van der Waals surface area contributed by atoms with E-state index in [4.69, 9.17) is 0 Å². The third-order valence-corrected chi connectivity index (χ3v) is 4.11. The number of aromatic nitrogens is 3. The molecule has 0 saturated heterocycles. The highest BCUT2D eigenvalue weighted by Crippen LogP contribution is 2.29. The molecule has 29 heavy (non-hydrogen) atoms. The second kappa shape index (κ2) is 9.37. The maximum Gasteiger partial charge on any atom is 0.417 e. The van der Waals surface area contributed by atoms with E-state index in [1.54, 1.807) is 31.1 Å². The molecule has 0 aliphatic carbocycles. The van der Waals surface area contributed by atoms with Gasteiger partial charge in [-0.2, -0.15) is 13.2 Å². The predicted molar refractivity (Wildman–Crippen MR) is 111 cm³/mol. The lowest BCUT2D eigenvalue weighted by molar-refractivity contribution is -0.137. The minimum atomic E-state index is -4.45. The van der Waals surface area contributed by atoms with Gasteiger partial charge in [0.15, 0.2) is 17.4 Å². The summed E-state index contributed by atoms with van der Waals surface area (Å²) in [6.45, 7) is 0.599. The van der Waals surface area contributed by atoms with Crippen LogP contribution in [-0.4, -0.2) is 39.6 Å². The van der Waals surface area contributed by atoms with E-state index >= 15 is 0 Å². The highest BCUT2D eigenvalue weighted by atomic mass is 127. The summed E-state index contributed by atoms with van der Waals surface area (Å²) in [4.78, 5) is 5.96. The van der Waals surface area contributed by atoms with Crippen molar-refractivity contribution in [2.45, 2.75) is 19.3 Å². The van der Waals surface area contributed by atoms with Crippen LogP contribution < -0.4 is 5.32 Å². The first-order valence-electron chi connectivity index (χ1n) is 8.35. The molecule has 0 bridgehead atoms. The van der Waals surface area contributed by atoms with Gasteiger partial charge in [-0.15, -0.1) is 34.2 Å². The summed E-state index contributed by atoms with van der Waals surface area (Å²) in [5, 5.41) is 10.9. The van der Waals surface area contributed by atoms with Crippen molar-refractivity contribution in [2.75, 3.05) is 14.1 Å². The van der Waals surface area contributed by atoms with Gasteiger partial charge in [0.2, 0.25) is 0 Å². The minimum absolute atomic E-state index is 0. The Morgan fingerprint density at radius 1 is 1.14 bits per heavy atom. The molecule has 0 spiro atoms. The van der Waals surface area contributed by atoms with Crippen LogP contribution in [0.15, 0.2) is 47.6 Å². The van der Waals surface area contributed by atoms with Crippen LogP contribution in [0.5, 0.6) is 0 Å². The lowest BCUT2D eigenvalue weighted by Gasteiger charge is -2.22. The van der Waals surface area contributed by atoms with Crippen LogP contribution in [0.2, 0.25) is 0 Å². The molecular weight excluding hydrogens is 503 g/mol. The van der Waals surface area contributed by atoms with Gasteiger partial charge in [-0.3, -0.25) is 9.39 Å². The van der Waals surface area contributed by atoms with Crippen molar-refractivity contribution in [3.8, 4) is 0 Å². The molecule has 3 aromatic rings. The molecule has 156 valence electrons. The first kappa shape index (κ1) is 22.8. The molecule has 0 aliphatic rings. The van der Waals surface area contributed by atoms with E-state index in [9.17, 15) is 17.6 Å². The second-order valence-corrected chi connectivity index (χ2v) is 6.14. The summed E-state index contributed by atoms with van der Waals surface area (Å²) in [6.07, 6.45) is -3.48. The number of benzene rings is 1. The Hall–Kier alpha value is -2.44. The summed E-state index contributed by atoms with van der Waals surface area (Å²) in [6, 6.07) is 8.33. The number of rotatable bonds is 4. The molecule has 2 aromatic heterocycles. The summed E-state index contributed by atoms with van der Waals surface area (Å²) in [5.74, 6) is 0.510. The first-order valence-corrected chi connectivity index (χ1v) is 8.35. The van der Waals surface area contributed by atoms with E-state index in [1.807, 2.05) is 0 Å². The predicted octanol–water partition coefficient (Wildman–Crippen LogP) is 3.71. The number of alkyl halides is 3. The van der Waals surface area contributed by atoms with E-state index in [1.165, 1.54) is 22.6 Å². The molecule has 1 aromatic carbocycles. The number of guanidine groups is 1. The van der Waals surface area contributed by atoms with Crippen molar-refractivity contribution in [2.24, 2.45) is 4.99 Å². The fourth-order valence-electron chi connectivity index (χ4n) is 2.71. The van der Waals surface area contributed by atoms with Gasteiger partial charge in [0.25, 0.3) is 0 Å². The molecule has 3 rings (SSSR count). The van der Waals surface area contributed by atoms with E-state index in [0.29, 0.717) is 24.0 Å². The summed E-state index contributed by atoms with van der Waals surface area (Å²) in [5.41, 5.74) is 0.424. The highest BCUT2D eigenvalue weighted by molar-refractivity contribution is 14.0. The lowest BCUT2D eigenvalue weighted by Crippen LogP contribution is -2.38. The zero-order valence-corrected chi connectivity index (χ0v) is 17.9. The van der Waals surface area contributed by atoms with E-state index in [2.05, 4.69) is 20.5 Å². The molecule has 0 aliphatic heterocycles. The van der Waals surface area contributed by atoms with Gasteiger partial charge in [0, 0.05) is 26.8 Å². The van der Waals surface area contributed by atoms with Crippen molar-refractivity contribution < 1.29 is 17.6 Å². The lowest BCUT2D eigenvalue weighted by atomic mass is 10.2. The number of nitrogens with zero attached hydrogens (tertiary/aromatic N) is 5. The largest absolute Gasteiger partial charge is 0.417 e. The molecule has 0 saturated carbocycles. The van der Waals surface area contributed by atoms with E-state index in [0.717, 1.165) is 17.8 Å². The van der Waals surface area contributed by atoms with Crippen molar-refractivity contribution in [3.05, 3.63) is 65.4 Å². The van der Waals surface area contributed by atoms with Gasteiger partial charge in [-0.05, 0) is 29.8 Å². The fourth-order valence-corrected chi connectivity index (χ4v) is 2.71. The average Bonchev–Trinajstić information content (AvgIpc) is 3.06. The van der Waals surface area contributed by atoms with Gasteiger partial charge in [-0.1, -0.05) is 12.1 Å². The third-order valence-electron chi connectivity index (χ3n) is 4.11. The Morgan fingerprint density at radius 3 is 2.45 bits per heavy atom. The number of nitrogens with one attached hydrogen (secondary N) is 1. The van der Waals surface area contributed by atoms with Crippen molar-refractivity contribution in [1.82, 2.24) is 24.8 Å². The number of aliphatic imine (C=N–C) groups is 1. The maximum atomic E-state index is 13.0. The average molecular weight is 522 g/mol. The number of fused-ring (bicyclic) bond motifs is 1. The summed E-state index contributed by atoms with van der Waals surface area (Å²) in [7, 11) is 3.38. The van der Waals surface area contributed by atoms with E-state index < -0.39 is 11.7 Å².